The van der Waals surface area contributed by atoms with Crippen molar-refractivity contribution in [3.05, 3.63) is 122 Å². The number of hydrogen-bond donors (Lipinski definition) is 0. The molecular formula is C30H27N5O2S. The Morgan fingerprint density at radius 2 is 1.39 bits per heavy atom. The molecule has 8 heteroatoms. The van der Waals surface area contributed by atoms with Crippen LogP contribution in [0, 0.1) is 20.8 Å². The van der Waals surface area contributed by atoms with Crippen LogP contribution in [-0.2, 0) is 11.8 Å². The van der Waals surface area contributed by atoms with Gasteiger partial charge in [-0.25, -0.2) is 9.67 Å². The van der Waals surface area contributed by atoms with Gasteiger partial charge in [0.1, 0.15) is 0 Å². The van der Waals surface area contributed by atoms with E-state index in [9.17, 15) is 9.59 Å². The molecule has 4 aromatic rings. The maximum atomic E-state index is 13.5. The van der Waals surface area contributed by atoms with Crippen LogP contribution in [-0.4, -0.2) is 31.7 Å². The predicted molar refractivity (Wildman–Crippen MR) is 155 cm³/mol. The first-order chi connectivity index (χ1) is 18.3. The van der Waals surface area contributed by atoms with E-state index < -0.39 is 0 Å². The number of aryl methyl sites for hydroxylation is 2. The molecule has 1 aliphatic rings. The number of rotatable bonds is 5. The second kappa shape index (κ2) is 10.5. The van der Waals surface area contributed by atoms with Gasteiger partial charge in [-0.2, -0.15) is 10.1 Å². The summed E-state index contributed by atoms with van der Waals surface area (Å²) in [5.41, 5.74) is 5.43. The molecule has 0 radical (unpaired) electrons. The number of thioether (sulfide) groups is 1. The van der Waals surface area contributed by atoms with E-state index in [1.807, 2.05) is 113 Å². The summed E-state index contributed by atoms with van der Waals surface area (Å²) in [6.45, 7) is 5.87. The second-order valence-electron chi connectivity index (χ2n) is 9.10. The van der Waals surface area contributed by atoms with E-state index in [4.69, 9.17) is 4.99 Å². The molecule has 0 unspecified atom stereocenters. The molecule has 0 atom stereocenters. The zero-order valence-electron chi connectivity index (χ0n) is 21.6. The number of hydrogen-bond acceptors (Lipinski definition) is 5. The van der Waals surface area contributed by atoms with Crippen molar-refractivity contribution >= 4 is 40.8 Å². The Kier molecular flexibility index (Phi) is 6.98. The molecule has 0 N–H and O–H groups in total. The van der Waals surface area contributed by atoms with E-state index >= 15 is 0 Å². The van der Waals surface area contributed by atoms with Crippen molar-refractivity contribution in [1.82, 2.24) is 14.4 Å². The molecule has 3 aromatic carbocycles. The molecular weight excluding hydrogens is 494 g/mol. The van der Waals surface area contributed by atoms with Gasteiger partial charge >= 0.3 is 0 Å². The zero-order valence-corrected chi connectivity index (χ0v) is 22.4. The van der Waals surface area contributed by atoms with E-state index in [1.54, 1.807) is 15.6 Å². The fourth-order valence-corrected chi connectivity index (χ4v) is 4.93. The van der Waals surface area contributed by atoms with Crippen LogP contribution in [0.25, 0.3) is 11.8 Å². The van der Waals surface area contributed by atoms with Gasteiger partial charge in [-0.3, -0.25) is 14.3 Å². The topological polar surface area (TPSA) is 72.0 Å². The number of aliphatic imine (C=N–C) groups is 1. The van der Waals surface area contributed by atoms with Gasteiger partial charge in [0.2, 0.25) is 0 Å². The van der Waals surface area contributed by atoms with Crippen LogP contribution in [0.15, 0.2) is 98.7 Å². The standard InChI is InChI=1S/C30H27N5O2S/c1-20-10-14-23(15-11-20)18-26-28(36)34(31-19-24-16-12-21(2)13-17-24)30(38-26)32-27-22(3)33(4)35(29(27)37)25-8-6-5-7-9-25/h5-19H,1-4H3/b26-18+,31-19?,32-30?. The van der Waals surface area contributed by atoms with Gasteiger partial charge in [0, 0.05) is 7.05 Å². The van der Waals surface area contributed by atoms with Crippen LogP contribution in [0.1, 0.15) is 27.9 Å². The average molecular weight is 522 g/mol. The molecule has 1 amide bonds. The summed E-state index contributed by atoms with van der Waals surface area (Å²) in [6.07, 6.45) is 3.45. The van der Waals surface area contributed by atoms with Gasteiger partial charge < -0.3 is 0 Å². The molecule has 1 aliphatic heterocycles. The van der Waals surface area contributed by atoms with Crippen molar-refractivity contribution in [2.24, 2.45) is 17.1 Å². The van der Waals surface area contributed by atoms with Gasteiger partial charge in [0.05, 0.1) is 22.5 Å². The van der Waals surface area contributed by atoms with E-state index in [0.717, 1.165) is 27.9 Å². The van der Waals surface area contributed by atoms with Gasteiger partial charge in [0.15, 0.2) is 10.9 Å². The lowest BCUT2D eigenvalue weighted by Gasteiger charge is -2.08. The lowest BCUT2D eigenvalue weighted by atomic mass is 10.1. The number of benzene rings is 3. The smallest absolute Gasteiger partial charge is 0.283 e. The lowest BCUT2D eigenvalue weighted by molar-refractivity contribution is -0.122. The number of carbonyl (C=O) groups is 1. The summed E-state index contributed by atoms with van der Waals surface area (Å²) >= 11 is 1.20. The van der Waals surface area contributed by atoms with Crippen LogP contribution in [0.5, 0.6) is 0 Å². The van der Waals surface area contributed by atoms with E-state index in [-0.39, 0.29) is 17.2 Å². The largest absolute Gasteiger partial charge is 0.297 e. The Morgan fingerprint density at radius 3 is 2.03 bits per heavy atom. The molecule has 38 heavy (non-hydrogen) atoms. The summed E-state index contributed by atoms with van der Waals surface area (Å²) < 4.78 is 3.33. The highest BCUT2D eigenvalue weighted by Crippen LogP contribution is 2.34. The van der Waals surface area contributed by atoms with Crippen LogP contribution < -0.4 is 5.56 Å². The second-order valence-corrected chi connectivity index (χ2v) is 10.1. The van der Waals surface area contributed by atoms with Gasteiger partial charge in [0.25, 0.3) is 11.5 Å². The highest BCUT2D eigenvalue weighted by Gasteiger charge is 2.34. The first-order valence-corrected chi connectivity index (χ1v) is 13.0. The Bertz CT molecular complexity index is 1640. The highest BCUT2D eigenvalue weighted by molar-refractivity contribution is 8.18. The first-order valence-electron chi connectivity index (χ1n) is 12.2. The van der Waals surface area contributed by atoms with Gasteiger partial charge in [-0.05, 0) is 61.9 Å². The van der Waals surface area contributed by atoms with Crippen LogP contribution in [0.3, 0.4) is 0 Å². The summed E-state index contributed by atoms with van der Waals surface area (Å²) in [4.78, 5) is 32.1. The lowest BCUT2D eigenvalue weighted by Crippen LogP contribution is -2.24. The molecule has 1 fully saturated rings. The highest BCUT2D eigenvalue weighted by atomic mass is 32.2. The number of carbonyl (C=O) groups excluding carboxylic acids is 1. The number of amides is 1. The fraction of sp³-hybridized carbons (Fsp3) is 0.133. The van der Waals surface area contributed by atoms with Gasteiger partial charge in [-0.15, -0.1) is 0 Å². The minimum absolute atomic E-state index is 0.263. The molecule has 0 aliphatic carbocycles. The Labute approximate surface area is 225 Å². The Hall–Kier alpha value is -4.43. The predicted octanol–water partition coefficient (Wildman–Crippen LogP) is 5.74. The number of amidine groups is 1. The monoisotopic (exact) mass is 521 g/mol. The SMILES string of the molecule is Cc1ccc(C=NN2C(=O)/C(=C\c3ccc(C)cc3)SC2=Nc2c(C)n(C)n(-c3ccccc3)c2=O)cc1. The zero-order chi connectivity index (χ0) is 26.8. The van der Waals surface area contributed by atoms with Crippen molar-refractivity contribution < 1.29 is 4.79 Å². The van der Waals surface area contributed by atoms with Crippen LogP contribution in [0.4, 0.5) is 5.69 Å². The molecule has 0 bridgehead atoms. The molecule has 1 aromatic heterocycles. The van der Waals surface area contributed by atoms with Crippen molar-refractivity contribution in [2.75, 3.05) is 0 Å². The molecule has 2 heterocycles. The van der Waals surface area contributed by atoms with Crippen LogP contribution in [0.2, 0.25) is 0 Å². The van der Waals surface area contributed by atoms with Crippen molar-refractivity contribution in [1.29, 1.82) is 0 Å². The third kappa shape index (κ3) is 5.03. The molecule has 190 valence electrons. The molecule has 1 saturated heterocycles. The molecule has 5 rings (SSSR count). The molecule has 0 spiro atoms. The first kappa shape index (κ1) is 25.2. The number of nitrogens with zero attached hydrogens (tertiary/aromatic N) is 5. The van der Waals surface area contributed by atoms with E-state index in [0.29, 0.717) is 15.8 Å². The van der Waals surface area contributed by atoms with Crippen molar-refractivity contribution in [3.63, 3.8) is 0 Å². The third-order valence-corrected chi connectivity index (χ3v) is 7.25. The summed E-state index contributed by atoms with van der Waals surface area (Å²) in [7, 11) is 1.82. The summed E-state index contributed by atoms with van der Waals surface area (Å²) in [6, 6.07) is 25.2. The van der Waals surface area contributed by atoms with Crippen molar-refractivity contribution in [2.45, 2.75) is 20.8 Å². The Morgan fingerprint density at radius 1 is 0.789 bits per heavy atom. The average Bonchev–Trinajstić information content (AvgIpc) is 3.32. The number of para-hydroxylation sites is 1. The minimum atomic E-state index is -0.297. The number of aromatic nitrogens is 2. The van der Waals surface area contributed by atoms with E-state index in [2.05, 4.69) is 5.10 Å². The normalized spacial score (nSPS) is 15.9. The molecule has 7 nitrogen and oxygen atoms in total. The summed E-state index contributed by atoms with van der Waals surface area (Å²) in [5, 5.41) is 6.07. The quantitative estimate of drug-likeness (QED) is 0.248. The van der Waals surface area contributed by atoms with Crippen molar-refractivity contribution in [3.8, 4) is 5.69 Å². The third-order valence-electron chi connectivity index (χ3n) is 6.29. The van der Waals surface area contributed by atoms with Crippen LogP contribution >= 0.6 is 11.8 Å². The Balaban J connectivity index is 1.59. The molecule has 0 saturated carbocycles. The van der Waals surface area contributed by atoms with Gasteiger partial charge in [-0.1, -0.05) is 77.9 Å². The summed E-state index contributed by atoms with van der Waals surface area (Å²) in [5.74, 6) is -0.297. The maximum absolute atomic E-state index is 13.5. The minimum Gasteiger partial charge on any atom is -0.283 e. The number of hydrazone groups is 1. The fourth-order valence-electron chi connectivity index (χ4n) is 4.01. The maximum Gasteiger partial charge on any atom is 0.297 e. The van der Waals surface area contributed by atoms with E-state index in [1.165, 1.54) is 16.8 Å².